The number of benzene rings is 2. The van der Waals surface area contributed by atoms with E-state index in [-0.39, 0.29) is 29.7 Å². The third kappa shape index (κ3) is 3.71. The van der Waals surface area contributed by atoms with Gasteiger partial charge in [-0.3, -0.25) is 15.6 Å². The van der Waals surface area contributed by atoms with Gasteiger partial charge in [0.15, 0.2) is 9.84 Å². The average molecular weight is 485 g/mol. The first-order chi connectivity index (χ1) is 16.0. The molecule has 2 saturated heterocycles. The topological polar surface area (TPSA) is 131 Å². The van der Waals surface area contributed by atoms with Crippen LogP contribution in [-0.2, 0) is 9.84 Å². The number of hydrogen-bond donors (Lipinski definition) is 3. The molecule has 3 amide bonds. The lowest BCUT2D eigenvalue weighted by Gasteiger charge is -2.46. The van der Waals surface area contributed by atoms with Gasteiger partial charge < -0.3 is 10.0 Å². The van der Waals surface area contributed by atoms with E-state index >= 15 is 0 Å². The Bertz CT molecular complexity index is 1260. The van der Waals surface area contributed by atoms with Crippen molar-refractivity contribution in [3.8, 4) is 11.1 Å². The Balaban J connectivity index is 1.77. The number of likely N-dealkylation sites (tertiary alicyclic amines) is 1. The van der Waals surface area contributed by atoms with Crippen LogP contribution < -0.4 is 10.2 Å². The van der Waals surface area contributed by atoms with Crippen LogP contribution in [0.4, 0.5) is 15.3 Å². The summed E-state index contributed by atoms with van der Waals surface area (Å²) in [5, 5.41) is 20.1. The zero-order valence-electron chi connectivity index (χ0n) is 19.3. The fraction of sp³-hybridized carbons (Fsp3) is 0.375. The van der Waals surface area contributed by atoms with Gasteiger partial charge in [0.2, 0.25) is 0 Å². The molecule has 2 aromatic carbocycles. The molecule has 0 aliphatic carbocycles. The molecule has 3 N–H and O–H groups in total. The summed E-state index contributed by atoms with van der Waals surface area (Å²) in [6, 6.07) is 13.0. The fourth-order valence-corrected chi connectivity index (χ4v) is 5.94. The first-order valence-electron chi connectivity index (χ1n) is 11.1. The minimum absolute atomic E-state index is 0.0579. The van der Waals surface area contributed by atoms with Crippen LogP contribution in [0.15, 0.2) is 53.4 Å². The lowest BCUT2D eigenvalue weighted by Crippen LogP contribution is -2.60. The largest absolute Gasteiger partial charge is 0.465 e. The van der Waals surface area contributed by atoms with Gasteiger partial charge in [-0.15, -0.1) is 0 Å². The molecule has 2 heterocycles. The molecule has 0 saturated carbocycles. The number of urea groups is 1. The predicted octanol–water partition coefficient (Wildman–Crippen LogP) is 3.94. The van der Waals surface area contributed by atoms with Crippen LogP contribution in [-0.4, -0.2) is 59.8 Å². The van der Waals surface area contributed by atoms with E-state index in [0.717, 1.165) is 5.56 Å². The Labute approximate surface area is 198 Å². The molecule has 2 atom stereocenters. The Morgan fingerprint density at radius 2 is 1.82 bits per heavy atom. The number of anilines is 1. The minimum Gasteiger partial charge on any atom is -0.465 e. The monoisotopic (exact) mass is 484 g/mol. The summed E-state index contributed by atoms with van der Waals surface area (Å²) in [5.74, 6) is 0.0579. The van der Waals surface area contributed by atoms with Crippen LogP contribution in [0, 0.1) is 5.41 Å². The van der Waals surface area contributed by atoms with Crippen molar-refractivity contribution in [3.63, 3.8) is 0 Å². The quantitative estimate of drug-likeness (QED) is 0.605. The summed E-state index contributed by atoms with van der Waals surface area (Å²) in [6.07, 6.45) is -0.438. The second kappa shape index (κ2) is 8.43. The fourth-order valence-electron chi connectivity index (χ4n) is 4.88. The maximum atomic E-state index is 13.1. The molecular formula is C24H28N4O5S. The van der Waals surface area contributed by atoms with Crippen molar-refractivity contribution in [1.29, 1.82) is 5.41 Å². The van der Waals surface area contributed by atoms with Crippen molar-refractivity contribution in [2.75, 3.05) is 11.4 Å². The third-order valence-corrected chi connectivity index (χ3v) is 8.94. The van der Waals surface area contributed by atoms with Gasteiger partial charge in [0.05, 0.1) is 15.8 Å². The Morgan fingerprint density at radius 1 is 1.18 bits per heavy atom. The van der Waals surface area contributed by atoms with Crippen LogP contribution in [0.5, 0.6) is 0 Å². The molecule has 2 aliphatic rings. The van der Waals surface area contributed by atoms with E-state index in [9.17, 15) is 23.1 Å². The Hall–Kier alpha value is -3.40. The van der Waals surface area contributed by atoms with Gasteiger partial charge >= 0.3 is 12.1 Å². The third-order valence-electron chi connectivity index (χ3n) is 6.76. The normalized spacial score (nSPS) is 23.0. The van der Waals surface area contributed by atoms with E-state index in [0.29, 0.717) is 17.7 Å². The summed E-state index contributed by atoms with van der Waals surface area (Å²) >= 11 is 0. The molecule has 4 rings (SSSR count). The number of carboxylic acid groups (broad SMARTS) is 1. The van der Waals surface area contributed by atoms with E-state index in [1.165, 1.54) is 4.90 Å². The number of amidine groups is 1. The molecule has 2 aliphatic heterocycles. The summed E-state index contributed by atoms with van der Waals surface area (Å²) in [4.78, 5) is 27.8. The second-order valence-electron chi connectivity index (χ2n) is 9.09. The lowest BCUT2D eigenvalue weighted by atomic mass is 9.81. The minimum atomic E-state index is -3.41. The van der Waals surface area contributed by atoms with Crippen LogP contribution in [0.3, 0.4) is 0 Å². The van der Waals surface area contributed by atoms with Crippen LogP contribution in [0.25, 0.3) is 11.1 Å². The second-order valence-corrected chi connectivity index (χ2v) is 11.6. The van der Waals surface area contributed by atoms with E-state index in [1.807, 2.05) is 12.1 Å². The molecule has 9 nitrogen and oxygen atoms in total. The van der Waals surface area contributed by atoms with Crippen LogP contribution >= 0.6 is 0 Å². The summed E-state index contributed by atoms with van der Waals surface area (Å²) in [6.45, 7) is 5.25. The first-order valence-corrected chi connectivity index (χ1v) is 12.7. The van der Waals surface area contributed by atoms with Gasteiger partial charge in [-0.2, -0.15) is 0 Å². The Kier molecular flexibility index (Phi) is 5.89. The highest BCUT2D eigenvalue weighted by atomic mass is 32.2. The van der Waals surface area contributed by atoms with Gasteiger partial charge in [-0.25, -0.2) is 18.0 Å². The molecule has 34 heavy (non-hydrogen) atoms. The highest BCUT2D eigenvalue weighted by Gasteiger charge is 2.55. The number of piperidine rings is 1. The van der Waals surface area contributed by atoms with Crippen molar-refractivity contribution in [2.24, 2.45) is 0 Å². The molecule has 180 valence electrons. The number of rotatable bonds is 4. The van der Waals surface area contributed by atoms with Crippen LogP contribution in [0.1, 0.15) is 33.6 Å². The van der Waals surface area contributed by atoms with Gasteiger partial charge in [0.25, 0.3) is 0 Å². The van der Waals surface area contributed by atoms with Gasteiger partial charge in [0.1, 0.15) is 11.4 Å². The number of carbonyl (C=O) groups is 2. The number of nitrogens with one attached hydrogen (secondary N) is 2. The van der Waals surface area contributed by atoms with Crippen molar-refractivity contribution in [2.45, 2.75) is 55.3 Å². The summed E-state index contributed by atoms with van der Waals surface area (Å²) < 4.78 is 25.0. The number of para-hydroxylation sites is 1. The molecule has 2 aromatic rings. The Morgan fingerprint density at radius 3 is 2.41 bits per heavy atom. The molecule has 0 radical (unpaired) electrons. The maximum absolute atomic E-state index is 13.1. The molecule has 0 unspecified atom stereocenters. The zero-order valence-corrected chi connectivity index (χ0v) is 20.1. The number of carbonyl (C=O) groups excluding carboxylic acids is 1. The molecule has 0 aromatic heterocycles. The van der Waals surface area contributed by atoms with Gasteiger partial charge in [-0.1, -0.05) is 30.3 Å². The zero-order chi connectivity index (χ0) is 24.8. The van der Waals surface area contributed by atoms with Gasteiger partial charge in [-0.05, 0) is 57.4 Å². The highest BCUT2D eigenvalue weighted by Crippen LogP contribution is 2.43. The molecule has 0 bridgehead atoms. The van der Waals surface area contributed by atoms with Crippen molar-refractivity contribution in [3.05, 3.63) is 48.5 Å². The number of amides is 3. The number of hydrogen-bond acceptors (Lipinski definition) is 5. The van der Waals surface area contributed by atoms with Crippen molar-refractivity contribution in [1.82, 2.24) is 10.2 Å². The van der Waals surface area contributed by atoms with Crippen molar-refractivity contribution >= 4 is 33.5 Å². The average Bonchev–Trinajstić information content (AvgIpc) is 3.02. The maximum Gasteiger partial charge on any atom is 0.407 e. The highest BCUT2D eigenvalue weighted by molar-refractivity contribution is 7.92. The predicted molar refractivity (Wildman–Crippen MR) is 129 cm³/mol. The van der Waals surface area contributed by atoms with E-state index in [2.05, 4.69) is 5.32 Å². The summed E-state index contributed by atoms with van der Waals surface area (Å²) in [5.41, 5.74) is 1.04. The van der Waals surface area contributed by atoms with E-state index in [1.54, 1.807) is 62.1 Å². The molecular weight excluding hydrogens is 456 g/mol. The number of sulfone groups is 1. The van der Waals surface area contributed by atoms with Gasteiger partial charge in [0, 0.05) is 18.2 Å². The smallest absolute Gasteiger partial charge is 0.407 e. The molecule has 2 fully saturated rings. The number of nitrogens with zero attached hydrogens (tertiary/aromatic N) is 2. The van der Waals surface area contributed by atoms with E-state index < -0.39 is 32.8 Å². The van der Waals surface area contributed by atoms with Crippen LogP contribution in [0.2, 0.25) is 0 Å². The lowest BCUT2D eigenvalue weighted by molar-refractivity contribution is 0.100. The standard InChI is InChI=1S/C24H28N4O5S/c1-15(2)34(32,33)18-10-8-17(9-11-18)19-6-4-5-7-20(19)28-22(29)26-21(25)24(28)12-13-27(23(30)31)16(3)14-24/h4-11,15-16H,12-14H2,1-3H3,(H,30,31)(H2,25,26,29)/t16-,24+/m1/s1. The van der Waals surface area contributed by atoms with E-state index in [4.69, 9.17) is 5.41 Å². The SMILES string of the molecule is CC(C)S(=O)(=O)c1ccc(-c2ccccc2N2C(=O)NC(=N)[C@@]23CCN(C(=O)O)[C@H](C)C3)cc1. The molecule has 10 heteroatoms. The molecule has 1 spiro atoms. The summed E-state index contributed by atoms with van der Waals surface area (Å²) in [7, 11) is -3.41. The first kappa shape index (κ1) is 23.7. The van der Waals surface area contributed by atoms with Crippen molar-refractivity contribution < 1.29 is 23.1 Å².